The fraction of sp³-hybridized carbons (Fsp3) is 0.333. The number of anilines is 1. The zero-order chi connectivity index (χ0) is 12.3. The van der Waals surface area contributed by atoms with Crippen molar-refractivity contribution in [3.8, 4) is 0 Å². The number of amides is 2. The van der Waals surface area contributed by atoms with Gasteiger partial charge in [-0.1, -0.05) is 26.8 Å². The average Bonchev–Trinajstić information content (AvgIpc) is 2.16. The first-order valence-corrected chi connectivity index (χ1v) is 5.02. The summed E-state index contributed by atoms with van der Waals surface area (Å²) in [7, 11) is 0. The Hall–Kier alpha value is -1.84. The van der Waals surface area contributed by atoms with Crippen molar-refractivity contribution in [2.45, 2.75) is 20.8 Å². The number of hydrogen-bond donors (Lipinski definition) is 2. The van der Waals surface area contributed by atoms with Gasteiger partial charge < -0.3 is 11.1 Å². The molecular formula is C12H16N2O2. The number of hydrogen-bond acceptors (Lipinski definition) is 2. The number of primary amides is 1. The van der Waals surface area contributed by atoms with Gasteiger partial charge in [-0.3, -0.25) is 9.59 Å². The minimum Gasteiger partial charge on any atom is -0.366 e. The quantitative estimate of drug-likeness (QED) is 0.797. The van der Waals surface area contributed by atoms with Crippen LogP contribution in [0.15, 0.2) is 24.3 Å². The van der Waals surface area contributed by atoms with Gasteiger partial charge in [-0.2, -0.15) is 0 Å². The fourth-order valence-electron chi connectivity index (χ4n) is 1.07. The number of rotatable bonds is 2. The second-order valence-electron chi connectivity index (χ2n) is 4.65. The van der Waals surface area contributed by atoms with Crippen molar-refractivity contribution < 1.29 is 9.59 Å². The van der Waals surface area contributed by atoms with E-state index in [2.05, 4.69) is 5.32 Å². The SMILES string of the molecule is CC(C)(C)C(=O)Nc1cccc(C(N)=O)c1. The molecule has 0 saturated heterocycles. The lowest BCUT2D eigenvalue weighted by atomic mass is 9.95. The molecule has 16 heavy (non-hydrogen) atoms. The van der Waals surface area contributed by atoms with E-state index in [0.29, 0.717) is 11.3 Å². The van der Waals surface area contributed by atoms with Crippen LogP contribution >= 0.6 is 0 Å². The van der Waals surface area contributed by atoms with Gasteiger partial charge in [-0.25, -0.2) is 0 Å². The molecule has 3 N–H and O–H groups in total. The number of nitrogens with two attached hydrogens (primary N) is 1. The molecule has 0 saturated carbocycles. The number of nitrogens with one attached hydrogen (secondary N) is 1. The highest BCUT2D eigenvalue weighted by Gasteiger charge is 2.21. The summed E-state index contributed by atoms with van der Waals surface area (Å²) >= 11 is 0. The van der Waals surface area contributed by atoms with Gasteiger partial charge >= 0.3 is 0 Å². The molecule has 0 bridgehead atoms. The molecule has 1 rings (SSSR count). The molecule has 2 amide bonds. The molecule has 1 aromatic rings. The third kappa shape index (κ3) is 3.08. The number of carbonyl (C=O) groups is 2. The van der Waals surface area contributed by atoms with E-state index in [1.165, 1.54) is 0 Å². The third-order valence-electron chi connectivity index (χ3n) is 2.09. The standard InChI is InChI=1S/C12H16N2O2/c1-12(2,3)11(16)14-9-6-4-5-8(7-9)10(13)15/h4-7H,1-3H3,(H2,13,15)(H,14,16). The molecule has 0 aliphatic heterocycles. The van der Waals surface area contributed by atoms with E-state index in [4.69, 9.17) is 5.73 Å². The second-order valence-corrected chi connectivity index (χ2v) is 4.65. The van der Waals surface area contributed by atoms with Crippen LogP contribution in [0.25, 0.3) is 0 Å². The van der Waals surface area contributed by atoms with Crippen LogP contribution in [0.1, 0.15) is 31.1 Å². The van der Waals surface area contributed by atoms with Gasteiger partial charge in [-0.15, -0.1) is 0 Å². The lowest BCUT2D eigenvalue weighted by Crippen LogP contribution is -2.27. The molecule has 0 radical (unpaired) electrons. The van der Waals surface area contributed by atoms with Crippen molar-refractivity contribution in [3.63, 3.8) is 0 Å². The minimum atomic E-state index is -0.508. The topological polar surface area (TPSA) is 72.2 Å². The first-order valence-electron chi connectivity index (χ1n) is 5.02. The predicted molar refractivity (Wildman–Crippen MR) is 63.0 cm³/mol. The first-order chi connectivity index (χ1) is 7.30. The molecule has 4 heteroatoms. The zero-order valence-corrected chi connectivity index (χ0v) is 9.70. The maximum Gasteiger partial charge on any atom is 0.248 e. The Morgan fingerprint density at radius 1 is 1.25 bits per heavy atom. The first kappa shape index (κ1) is 12.2. The molecule has 0 aliphatic carbocycles. The van der Waals surface area contributed by atoms with Crippen LogP contribution in [-0.2, 0) is 4.79 Å². The Morgan fingerprint density at radius 2 is 1.88 bits per heavy atom. The molecule has 0 heterocycles. The molecule has 0 spiro atoms. The minimum absolute atomic E-state index is 0.103. The second kappa shape index (κ2) is 4.35. The molecule has 0 aromatic heterocycles. The maximum atomic E-state index is 11.7. The molecule has 0 unspecified atom stereocenters. The van der Waals surface area contributed by atoms with E-state index >= 15 is 0 Å². The summed E-state index contributed by atoms with van der Waals surface area (Å²) in [6.45, 7) is 5.46. The molecule has 1 aromatic carbocycles. The molecule has 0 aliphatic rings. The van der Waals surface area contributed by atoms with Crippen LogP contribution in [-0.4, -0.2) is 11.8 Å². The summed E-state index contributed by atoms with van der Waals surface area (Å²) in [5, 5.41) is 2.73. The summed E-state index contributed by atoms with van der Waals surface area (Å²) in [4.78, 5) is 22.6. The van der Waals surface area contributed by atoms with E-state index in [0.717, 1.165) is 0 Å². The normalized spacial score (nSPS) is 10.9. The van der Waals surface area contributed by atoms with E-state index < -0.39 is 11.3 Å². The van der Waals surface area contributed by atoms with Gasteiger partial charge in [0.2, 0.25) is 11.8 Å². The van der Waals surface area contributed by atoms with Crippen LogP contribution in [0.5, 0.6) is 0 Å². The molecule has 4 nitrogen and oxygen atoms in total. The summed E-state index contributed by atoms with van der Waals surface area (Å²) < 4.78 is 0. The largest absolute Gasteiger partial charge is 0.366 e. The average molecular weight is 220 g/mol. The van der Waals surface area contributed by atoms with Crippen LogP contribution < -0.4 is 11.1 Å². The Bertz CT molecular complexity index is 419. The highest BCUT2D eigenvalue weighted by Crippen LogP contribution is 2.17. The lowest BCUT2D eigenvalue weighted by Gasteiger charge is -2.17. The Morgan fingerprint density at radius 3 is 2.38 bits per heavy atom. The smallest absolute Gasteiger partial charge is 0.248 e. The van der Waals surface area contributed by atoms with Gasteiger partial charge in [0.05, 0.1) is 0 Å². The van der Waals surface area contributed by atoms with Crippen molar-refractivity contribution in [2.24, 2.45) is 11.1 Å². The van der Waals surface area contributed by atoms with Crippen molar-refractivity contribution >= 4 is 17.5 Å². The Kier molecular flexibility index (Phi) is 3.32. The molecule has 0 fully saturated rings. The number of benzene rings is 1. The van der Waals surface area contributed by atoms with E-state index in [1.807, 2.05) is 20.8 Å². The van der Waals surface area contributed by atoms with E-state index in [-0.39, 0.29) is 5.91 Å². The third-order valence-corrected chi connectivity index (χ3v) is 2.09. The fourth-order valence-corrected chi connectivity index (χ4v) is 1.07. The van der Waals surface area contributed by atoms with Crippen molar-refractivity contribution in [1.29, 1.82) is 0 Å². The predicted octanol–water partition coefficient (Wildman–Crippen LogP) is 1.77. The molecule has 0 atom stereocenters. The van der Waals surface area contributed by atoms with Gasteiger partial charge in [0.25, 0.3) is 0 Å². The Balaban J connectivity index is 2.87. The van der Waals surface area contributed by atoms with Crippen LogP contribution in [0.3, 0.4) is 0 Å². The van der Waals surface area contributed by atoms with Crippen LogP contribution in [0, 0.1) is 5.41 Å². The Labute approximate surface area is 94.8 Å². The monoisotopic (exact) mass is 220 g/mol. The van der Waals surface area contributed by atoms with E-state index in [1.54, 1.807) is 24.3 Å². The summed E-state index contributed by atoms with van der Waals surface area (Å²) in [6.07, 6.45) is 0. The number of carbonyl (C=O) groups excluding carboxylic acids is 2. The summed E-state index contributed by atoms with van der Waals surface area (Å²) in [5.74, 6) is -0.610. The summed E-state index contributed by atoms with van der Waals surface area (Å²) in [6, 6.07) is 6.56. The highest BCUT2D eigenvalue weighted by molar-refractivity contribution is 5.97. The van der Waals surface area contributed by atoms with E-state index in [9.17, 15) is 9.59 Å². The van der Waals surface area contributed by atoms with Crippen molar-refractivity contribution in [3.05, 3.63) is 29.8 Å². The van der Waals surface area contributed by atoms with Crippen LogP contribution in [0.4, 0.5) is 5.69 Å². The maximum absolute atomic E-state index is 11.7. The van der Waals surface area contributed by atoms with Gasteiger partial charge in [0, 0.05) is 16.7 Å². The van der Waals surface area contributed by atoms with Crippen LogP contribution in [0.2, 0.25) is 0 Å². The highest BCUT2D eigenvalue weighted by atomic mass is 16.2. The lowest BCUT2D eigenvalue weighted by molar-refractivity contribution is -0.123. The summed E-state index contributed by atoms with van der Waals surface area (Å²) in [5.41, 5.74) is 5.64. The molecule has 86 valence electrons. The van der Waals surface area contributed by atoms with Gasteiger partial charge in [-0.05, 0) is 18.2 Å². The zero-order valence-electron chi connectivity index (χ0n) is 9.70. The van der Waals surface area contributed by atoms with Gasteiger partial charge in [0.1, 0.15) is 0 Å². The molecular weight excluding hydrogens is 204 g/mol. The van der Waals surface area contributed by atoms with Gasteiger partial charge in [0.15, 0.2) is 0 Å². The van der Waals surface area contributed by atoms with Crippen molar-refractivity contribution in [2.75, 3.05) is 5.32 Å². The van der Waals surface area contributed by atoms with Crippen molar-refractivity contribution in [1.82, 2.24) is 0 Å².